The zero-order chi connectivity index (χ0) is 78.5. The largest absolute Gasteiger partial charge is 0.469 e. The van der Waals surface area contributed by atoms with Gasteiger partial charge in [-0.1, -0.05) is 109 Å². The molecule has 0 aromatic rings. The molecule has 11 N–H and O–H groups in total. The Kier molecular flexibility index (Phi) is 38.5. The maximum atomic E-state index is 15.1. The van der Waals surface area contributed by atoms with E-state index < -0.39 is 201 Å². The van der Waals surface area contributed by atoms with Gasteiger partial charge >= 0.3 is 7.82 Å². The van der Waals surface area contributed by atoms with Crippen molar-refractivity contribution < 1.29 is 102 Å². The average Bonchev–Trinajstić information content (AvgIpc) is 0.798. The van der Waals surface area contributed by atoms with Gasteiger partial charge in [0.15, 0.2) is 6.29 Å². The molecule has 0 unspecified atom stereocenters. The minimum Gasteiger partial charge on any atom is -0.390 e. The molecule has 0 radical (unpaired) electrons. The number of aliphatic hydroxyl groups is 5. The van der Waals surface area contributed by atoms with E-state index in [0.29, 0.717) is 6.42 Å². The number of allylic oxidation sites excluding steroid dienone is 2. The van der Waals surface area contributed by atoms with Crippen LogP contribution in [0, 0.1) is 41.4 Å². The first-order valence-electron chi connectivity index (χ1n) is 34.9. The van der Waals surface area contributed by atoms with Crippen LogP contribution in [0.1, 0.15) is 156 Å². The Morgan fingerprint density at radius 3 is 1.41 bits per heavy atom. The highest BCUT2D eigenvalue weighted by Gasteiger charge is 2.47. The van der Waals surface area contributed by atoms with Gasteiger partial charge in [0.25, 0.3) is 0 Å². The normalized spacial score (nSPS) is 29.1. The fourth-order valence-corrected chi connectivity index (χ4v) is 12.3. The van der Waals surface area contributed by atoms with Crippen molar-refractivity contribution in [2.24, 2.45) is 41.4 Å². The number of rotatable bonds is 18. The van der Waals surface area contributed by atoms with Gasteiger partial charge < -0.3 is 95.6 Å². The van der Waals surface area contributed by atoms with Crippen molar-refractivity contribution >= 4 is 72.8 Å². The quantitative estimate of drug-likeness (QED) is 0.0643. The molecule has 17 atom stereocenters. The van der Waals surface area contributed by atoms with Crippen molar-refractivity contribution in [1.29, 1.82) is 0 Å². The van der Waals surface area contributed by atoms with Crippen molar-refractivity contribution in [2.75, 3.05) is 62.5 Å². The Labute approximate surface area is 597 Å². The van der Waals surface area contributed by atoms with Crippen LogP contribution in [0.4, 0.5) is 0 Å². The minimum absolute atomic E-state index is 0.0229. The molecule has 2 aliphatic rings. The van der Waals surface area contributed by atoms with Crippen LogP contribution < -0.4 is 21.3 Å². The number of ether oxygens (including phenoxy) is 1. The number of phosphoric ester groups is 1. The lowest BCUT2D eigenvalue weighted by Crippen LogP contribution is -2.63. The molecule has 2 aliphatic heterocycles. The van der Waals surface area contributed by atoms with Gasteiger partial charge in [0.2, 0.25) is 65.0 Å². The van der Waals surface area contributed by atoms with Gasteiger partial charge in [-0.25, -0.2) is 4.57 Å². The highest BCUT2D eigenvalue weighted by molar-refractivity contribution is 7.46. The van der Waals surface area contributed by atoms with Crippen LogP contribution in [0.2, 0.25) is 0 Å². The summed E-state index contributed by atoms with van der Waals surface area (Å²) in [6.45, 7) is 28.6. The summed E-state index contributed by atoms with van der Waals surface area (Å²) in [4.78, 5) is 185. The summed E-state index contributed by atoms with van der Waals surface area (Å²) in [6.07, 6.45) is -5.06. The molecule has 32 nitrogen and oxygen atoms in total. The predicted molar refractivity (Wildman–Crippen MR) is 375 cm³/mol. The molecule has 0 aromatic heterocycles. The standard InChI is InChI=1S/C62H111N11O12.C6H13O9P/c1-25-27-28-40(15)52(75)51-56(79)65-43(26-2)58(81)67(18)33-48(74)68(19)44(29-34(3)4)55(78)66-49(38(11)12)61(84)69(20)45(30-35(5)6)54(77)63-41(16)53(76)64-42(17)57(80)70(21)46(31-36(7)8)59(82)71(22)47(32-37(9)10)60(83)72(23)50(39(13)14)62(85)73(51)24;7-3-2(1-14-16(11,12)13)15-6(10)5(9)4(3)8/h25,27,34-47,49-52,75H,26,28-33H2,1-24H3,(H,63,77)(H,64,76)(H,65,79)(H,66,78);2-10H,1H2,(H2,11,12,13)/b27-25+;/t40-,41+,42-,43+,44+,45+,46+,47+,49+,50+,51+,52-;2-,3-,4+,5-,6+/m11/s1. The molecule has 0 spiro atoms. The van der Waals surface area contributed by atoms with E-state index in [2.05, 4.69) is 30.5 Å². The molecule has 2 rings (SSSR count). The monoisotopic (exact) mass is 1460 g/mol. The van der Waals surface area contributed by atoms with Crippen LogP contribution in [0.15, 0.2) is 12.2 Å². The summed E-state index contributed by atoms with van der Waals surface area (Å²) < 4.78 is 19.0. The van der Waals surface area contributed by atoms with Gasteiger partial charge in [-0.05, 0) is 101 Å². The van der Waals surface area contributed by atoms with E-state index in [4.69, 9.17) is 20.0 Å². The van der Waals surface area contributed by atoms with E-state index in [0.717, 1.165) is 9.80 Å². The zero-order valence-electron chi connectivity index (χ0n) is 64.0. The van der Waals surface area contributed by atoms with Gasteiger partial charge in [-0.3, -0.25) is 57.3 Å². The third-order valence-corrected chi connectivity index (χ3v) is 18.7. The molecule has 2 saturated heterocycles. The number of likely N-dealkylation sites (N-methyl/N-ethyl adjacent to an activating group) is 7. The van der Waals surface area contributed by atoms with Crippen LogP contribution in [0.3, 0.4) is 0 Å². The highest BCUT2D eigenvalue weighted by atomic mass is 31.2. The molecule has 2 fully saturated rings. The minimum atomic E-state index is -4.73. The second-order valence-corrected chi connectivity index (χ2v) is 30.7. The van der Waals surface area contributed by atoms with Crippen molar-refractivity contribution in [2.45, 2.75) is 253 Å². The Balaban J connectivity index is 0.00000278. The van der Waals surface area contributed by atoms with E-state index in [1.54, 1.807) is 54.5 Å². The topological polar surface area (TPSA) is 436 Å². The second-order valence-electron chi connectivity index (χ2n) is 29.4. The number of amides is 11. The highest BCUT2D eigenvalue weighted by Crippen LogP contribution is 2.37. The number of hydrogen-bond donors (Lipinski definition) is 11. The molecule has 101 heavy (non-hydrogen) atoms. The summed E-state index contributed by atoms with van der Waals surface area (Å²) in [5.74, 6) is -9.71. The van der Waals surface area contributed by atoms with E-state index in [9.17, 15) is 63.0 Å². The van der Waals surface area contributed by atoms with Crippen molar-refractivity contribution in [3.63, 3.8) is 0 Å². The Hall–Kier alpha value is -6.22. The molecule has 0 bridgehead atoms. The maximum absolute atomic E-state index is 15.1. The second kappa shape index (κ2) is 41.9. The van der Waals surface area contributed by atoms with Gasteiger partial charge in [0.05, 0.1) is 19.3 Å². The van der Waals surface area contributed by atoms with Crippen LogP contribution in [-0.4, -0.2) is 294 Å². The van der Waals surface area contributed by atoms with Gasteiger partial charge in [0.1, 0.15) is 84.8 Å². The summed E-state index contributed by atoms with van der Waals surface area (Å²) >= 11 is 0. The maximum Gasteiger partial charge on any atom is 0.469 e. The SMILES string of the molecule is C/C=C/C[C@@H](C)[C@@H](O)[C@H]1C(=O)N[C@@H](CC)C(=O)N(C)CC(=O)N(C)[C@@H](CC(C)C)C(=O)N[C@@H](C(C)C)C(=O)N(C)[C@@H](CC(C)C)C(=O)N[C@@H](C)C(=O)N[C@H](C)C(=O)N(C)[C@@H](CC(C)C)C(=O)N(C)[C@@H](CC(C)C)C(=O)N(C)[C@@H](C(C)C)C(=O)N1C.O=P(O)(O)OC[C@H]1O[C@H](O)[C@H](O)[C@@H](O)[C@@H]1O. The van der Waals surface area contributed by atoms with Gasteiger partial charge in [0, 0.05) is 49.3 Å². The Morgan fingerprint density at radius 1 is 0.515 bits per heavy atom. The Morgan fingerprint density at radius 2 is 0.950 bits per heavy atom. The van der Waals surface area contributed by atoms with Crippen LogP contribution in [-0.2, 0) is 66.6 Å². The first-order chi connectivity index (χ1) is 46.4. The summed E-state index contributed by atoms with van der Waals surface area (Å²) in [5, 5.41) is 59.8. The average molecular weight is 1460 g/mol. The molecule has 33 heteroatoms. The molecular weight excluding hydrogens is 1340 g/mol. The van der Waals surface area contributed by atoms with E-state index >= 15 is 9.59 Å². The number of carbonyl (C=O) groups is 11. The van der Waals surface area contributed by atoms with Crippen LogP contribution >= 0.6 is 7.82 Å². The summed E-state index contributed by atoms with van der Waals surface area (Å²) in [5.41, 5.74) is 0. The number of nitrogens with one attached hydrogen (secondary N) is 4. The first-order valence-corrected chi connectivity index (χ1v) is 36.4. The van der Waals surface area contributed by atoms with Crippen molar-refractivity contribution in [1.82, 2.24) is 55.6 Å². The number of nitrogens with zero attached hydrogens (tertiary/aromatic N) is 7. The molecule has 0 saturated carbocycles. The Bertz CT molecular complexity index is 2840. The first kappa shape index (κ1) is 92.8. The lowest BCUT2D eigenvalue weighted by Gasteiger charge is -2.41. The van der Waals surface area contributed by atoms with Crippen molar-refractivity contribution in [3.8, 4) is 0 Å². The molecule has 582 valence electrons. The fraction of sp³-hybridized carbons (Fsp3) is 0.809. The lowest BCUT2D eigenvalue weighted by molar-refractivity contribution is -0.285. The van der Waals surface area contributed by atoms with E-state index in [1.807, 2.05) is 61.5 Å². The van der Waals surface area contributed by atoms with Gasteiger partial charge in [-0.15, -0.1) is 0 Å². The van der Waals surface area contributed by atoms with Crippen LogP contribution in [0.5, 0.6) is 0 Å². The van der Waals surface area contributed by atoms with Crippen LogP contribution in [0.25, 0.3) is 0 Å². The lowest BCUT2D eigenvalue weighted by atomic mass is 9.91. The number of carbonyl (C=O) groups excluding carboxylic acids is 11. The molecule has 2 heterocycles. The number of hydrogen-bond acceptors (Lipinski definition) is 19. The number of phosphoric acid groups is 1. The summed E-state index contributed by atoms with van der Waals surface area (Å²) in [6, 6.07) is -12.3. The van der Waals surface area contributed by atoms with Crippen molar-refractivity contribution in [3.05, 3.63) is 12.2 Å². The summed E-state index contributed by atoms with van der Waals surface area (Å²) in [7, 11) is 5.19. The molecule has 0 aliphatic carbocycles. The zero-order valence-corrected chi connectivity index (χ0v) is 64.9. The number of aliphatic hydroxyl groups excluding tert-OH is 5. The molecule has 11 amide bonds. The van der Waals surface area contributed by atoms with Gasteiger partial charge in [-0.2, -0.15) is 0 Å². The van der Waals surface area contributed by atoms with E-state index in [1.165, 1.54) is 87.7 Å². The predicted octanol–water partition coefficient (Wildman–Crippen LogP) is 0.165. The fourth-order valence-electron chi connectivity index (χ4n) is 11.9. The smallest absolute Gasteiger partial charge is 0.390 e. The third kappa shape index (κ3) is 27.4. The molecule has 0 aromatic carbocycles. The third-order valence-electron chi connectivity index (χ3n) is 18.2. The molecular formula is C68H124N11O21P. The van der Waals surface area contributed by atoms with E-state index in [-0.39, 0.29) is 55.8 Å².